The summed E-state index contributed by atoms with van der Waals surface area (Å²) in [7, 11) is 0. The molecule has 0 unspecified atom stereocenters. The van der Waals surface area contributed by atoms with E-state index in [1.54, 1.807) is 12.1 Å². The maximum Gasteiger partial charge on any atom is 0.200 e. The van der Waals surface area contributed by atoms with E-state index in [-0.39, 0.29) is 5.78 Å². The van der Waals surface area contributed by atoms with E-state index in [9.17, 15) is 4.79 Å². The number of ketones is 1. The van der Waals surface area contributed by atoms with Crippen molar-refractivity contribution in [2.45, 2.75) is 26.7 Å². The molecule has 1 heterocycles. The van der Waals surface area contributed by atoms with E-state index in [0.29, 0.717) is 24.7 Å². The summed E-state index contributed by atoms with van der Waals surface area (Å²) in [4.78, 5) is 11.4. The molecule has 0 atom stereocenters. The van der Waals surface area contributed by atoms with Crippen molar-refractivity contribution < 1.29 is 13.9 Å². The van der Waals surface area contributed by atoms with Gasteiger partial charge in [0.25, 0.3) is 0 Å². The number of carbonyl (C=O) groups excluding carboxylic acids is 1. The van der Waals surface area contributed by atoms with Gasteiger partial charge >= 0.3 is 0 Å². The average molecular weight is 210 g/mol. The first-order valence-corrected chi connectivity index (χ1v) is 5.34. The van der Waals surface area contributed by atoms with E-state index in [2.05, 4.69) is 13.8 Å². The van der Waals surface area contributed by atoms with Gasteiger partial charge in [0.05, 0.1) is 12.9 Å². The van der Waals surface area contributed by atoms with Crippen LogP contribution in [0.3, 0.4) is 0 Å². The second kappa shape index (κ2) is 6.40. The first-order chi connectivity index (χ1) is 7.20. The van der Waals surface area contributed by atoms with Gasteiger partial charge in [0, 0.05) is 13.0 Å². The fourth-order valence-electron chi connectivity index (χ4n) is 1.15. The normalized spacial score (nSPS) is 10.9. The van der Waals surface area contributed by atoms with Gasteiger partial charge in [-0.3, -0.25) is 4.79 Å². The molecular weight excluding hydrogens is 192 g/mol. The minimum atomic E-state index is 0.00421. The minimum Gasteiger partial charge on any atom is -0.461 e. The summed E-state index contributed by atoms with van der Waals surface area (Å²) >= 11 is 0. The van der Waals surface area contributed by atoms with Crippen molar-refractivity contribution >= 4 is 5.78 Å². The van der Waals surface area contributed by atoms with Crippen molar-refractivity contribution in [2.75, 3.05) is 13.2 Å². The van der Waals surface area contributed by atoms with Crippen molar-refractivity contribution in [3.8, 4) is 0 Å². The van der Waals surface area contributed by atoms with Crippen LogP contribution in [0, 0.1) is 5.92 Å². The lowest BCUT2D eigenvalue weighted by atomic mass is 10.1. The standard InChI is InChI=1S/C12H18O3/c1-10(2)5-8-14-9-6-11(13)12-4-3-7-15-12/h3-4,7,10H,5-6,8-9H2,1-2H3. The van der Waals surface area contributed by atoms with Gasteiger partial charge < -0.3 is 9.15 Å². The average Bonchev–Trinajstić information content (AvgIpc) is 2.69. The van der Waals surface area contributed by atoms with Crippen molar-refractivity contribution in [3.63, 3.8) is 0 Å². The summed E-state index contributed by atoms with van der Waals surface area (Å²) in [6.45, 7) is 5.50. The predicted octanol–water partition coefficient (Wildman–Crippen LogP) is 2.92. The van der Waals surface area contributed by atoms with Crippen LogP contribution < -0.4 is 0 Å². The Balaban J connectivity index is 2.08. The second-order valence-corrected chi connectivity index (χ2v) is 3.95. The van der Waals surface area contributed by atoms with Gasteiger partial charge in [-0.05, 0) is 24.5 Å². The monoisotopic (exact) mass is 210 g/mol. The molecule has 0 bridgehead atoms. The molecule has 0 saturated heterocycles. The van der Waals surface area contributed by atoms with Crippen LogP contribution in [0.4, 0.5) is 0 Å². The van der Waals surface area contributed by atoms with E-state index in [4.69, 9.17) is 9.15 Å². The number of ether oxygens (including phenoxy) is 1. The smallest absolute Gasteiger partial charge is 0.200 e. The molecule has 1 rings (SSSR count). The fraction of sp³-hybridized carbons (Fsp3) is 0.583. The number of rotatable bonds is 7. The third kappa shape index (κ3) is 4.79. The zero-order valence-electron chi connectivity index (χ0n) is 9.36. The first-order valence-electron chi connectivity index (χ1n) is 5.34. The molecule has 0 fully saturated rings. The summed E-state index contributed by atoms with van der Waals surface area (Å²) in [5, 5.41) is 0. The summed E-state index contributed by atoms with van der Waals surface area (Å²) in [6.07, 6.45) is 2.94. The van der Waals surface area contributed by atoms with Gasteiger partial charge in [0.1, 0.15) is 0 Å². The van der Waals surface area contributed by atoms with E-state index in [0.717, 1.165) is 13.0 Å². The van der Waals surface area contributed by atoms with Crippen LogP contribution in [-0.2, 0) is 4.74 Å². The first kappa shape index (κ1) is 12.0. The lowest BCUT2D eigenvalue weighted by molar-refractivity contribution is 0.0837. The van der Waals surface area contributed by atoms with Crippen LogP contribution >= 0.6 is 0 Å². The van der Waals surface area contributed by atoms with Crippen molar-refractivity contribution in [3.05, 3.63) is 24.2 Å². The topological polar surface area (TPSA) is 39.4 Å². The zero-order chi connectivity index (χ0) is 11.1. The van der Waals surface area contributed by atoms with E-state index < -0.39 is 0 Å². The van der Waals surface area contributed by atoms with Crippen molar-refractivity contribution in [2.24, 2.45) is 5.92 Å². The zero-order valence-corrected chi connectivity index (χ0v) is 9.36. The van der Waals surface area contributed by atoms with E-state index >= 15 is 0 Å². The number of hydrogen-bond acceptors (Lipinski definition) is 3. The molecule has 0 aliphatic carbocycles. The molecule has 1 aromatic rings. The molecule has 3 nitrogen and oxygen atoms in total. The highest BCUT2D eigenvalue weighted by molar-refractivity contribution is 5.93. The predicted molar refractivity (Wildman–Crippen MR) is 57.9 cm³/mol. The molecule has 0 spiro atoms. The van der Waals surface area contributed by atoms with Crippen LogP contribution in [0.25, 0.3) is 0 Å². The molecular formula is C12H18O3. The lowest BCUT2D eigenvalue weighted by Crippen LogP contribution is -2.06. The van der Waals surface area contributed by atoms with E-state index in [1.807, 2.05) is 0 Å². The van der Waals surface area contributed by atoms with Gasteiger partial charge in [-0.25, -0.2) is 0 Å². The fourth-order valence-corrected chi connectivity index (χ4v) is 1.15. The quantitative estimate of drug-likeness (QED) is 0.513. The molecule has 0 amide bonds. The Morgan fingerprint density at radius 1 is 1.47 bits per heavy atom. The Labute approximate surface area is 90.4 Å². The van der Waals surface area contributed by atoms with Gasteiger partial charge in [0.15, 0.2) is 11.5 Å². The molecule has 0 radical (unpaired) electrons. The number of carbonyl (C=O) groups is 1. The van der Waals surface area contributed by atoms with Crippen molar-refractivity contribution in [1.82, 2.24) is 0 Å². The Bertz CT molecular complexity index is 275. The highest BCUT2D eigenvalue weighted by atomic mass is 16.5. The number of furan rings is 1. The molecule has 0 aliphatic rings. The van der Waals surface area contributed by atoms with E-state index in [1.165, 1.54) is 6.26 Å². The lowest BCUT2D eigenvalue weighted by Gasteiger charge is -2.05. The molecule has 0 N–H and O–H groups in total. The SMILES string of the molecule is CC(C)CCOCCC(=O)c1ccco1. The summed E-state index contributed by atoms with van der Waals surface area (Å²) < 4.78 is 10.3. The molecule has 0 aliphatic heterocycles. The molecule has 0 aromatic carbocycles. The van der Waals surface area contributed by atoms with Crippen LogP contribution in [0.1, 0.15) is 37.2 Å². The molecule has 84 valence electrons. The van der Waals surface area contributed by atoms with Gasteiger partial charge in [-0.2, -0.15) is 0 Å². The van der Waals surface area contributed by atoms with Crippen molar-refractivity contribution in [1.29, 1.82) is 0 Å². The maximum atomic E-state index is 11.4. The number of hydrogen-bond donors (Lipinski definition) is 0. The van der Waals surface area contributed by atoms with Crippen LogP contribution in [0.15, 0.2) is 22.8 Å². The molecule has 3 heteroatoms. The second-order valence-electron chi connectivity index (χ2n) is 3.95. The summed E-state index contributed by atoms with van der Waals surface area (Å²) in [5.74, 6) is 1.07. The largest absolute Gasteiger partial charge is 0.461 e. The Morgan fingerprint density at radius 2 is 2.27 bits per heavy atom. The van der Waals surface area contributed by atoms with Crippen LogP contribution in [0.2, 0.25) is 0 Å². The summed E-state index contributed by atoms with van der Waals surface area (Å²) in [6, 6.07) is 3.39. The highest BCUT2D eigenvalue weighted by Gasteiger charge is 2.07. The maximum absolute atomic E-state index is 11.4. The van der Waals surface area contributed by atoms with Gasteiger partial charge in [-0.1, -0.05) is 13.8 Å². The third-order valence-electron chi connectivity index (χ3n) is 2.11. The molecule has 15 heavy (non-hydrogen) atoms. The van der Waals surface area contributed by atoms with Crippen LogP contribution in [0.5, 0.6) is 0 Å². The Kier molecular flexibility index (Phi) is 5.12. The third-order valence-corrected chi connectivity index (χ3v) is 2.11. The van der Waals surface area contributed by atoms with Gasteiger partial charge in [0.2, 0.25) is 0 Å². The Hall–Kier alpha value is -1.09. The summed E-state index contributed by atoms with van der Waals surface area (Å²) in [5.41, 5.74) is 0. The van der Waals surface area contributed by atoms with Crippen LogP contribution in [-0.4, -0.2) is 19.0 Å². The number of Topliss-reactive ketones (excluding diaryl/α,β-unsaturated/α-hetero) is 1. The molecule has 1 aromatic heterocycles. The minimum absolute atomic E-state index is 0.00421. The highest BCUT2D eigenvalue weighted by Crippen LogP contribution is 2.05. The molecule has 0 saturated carbocycles. The Morgan fingerprint density at radius 3 is 2.87 bits per heavy atom. The van der Waals surface area contributed by atoms with Gasteiger partial charge in [-0.15, -0.1) is 0 Å².